The van der Waals surface area contributed by atoms with Crippen LogP contribution < -0.4 is 5.43 Å². The number of hydrogen-bond donors (Lipinski definition) is 0. The first-order valence-electron chi connectivity index (χ1n) is 9.97. The van der Waals surface area contributed by atoms with Crippen LogP contribution in [0.5, 0.6) is 0 Å². The Morgan fingerprint density at radius 1 is 0.882 bits per heavy atom. The van der Waals surface area contributed by atoms with Gasteiger partial charge in [0.25, 0.3) is 0 Å². The number of halogens is 4. The topological polar surface area (TPSA) is 67.6 Å². The molecule has 4 rings (SSSR count). The van der Waals surface area contributed by atoms with Crippen molar-refractivity contribution in [3.05, 3.63) is 112 Å². The maximum Gasteiger partial charge on any atom is 0.416 e. The molecule has 0 unspecified atom stereocenters. The van der Waals surface area contributed by atoms with Gasteiger partial charge < -0.3 is 4.42 Å². The molecular formula is C24H17F4NO4S. The number of sulfonamides is 1. The lowest BCUT2D eigenvalue weighted by molar-refractivity contribution is -0.137. The zero-order valence-corrected chi connectivity index (χ0v) is 18.2. The normalized spacial score (nSPS) is 12.4. The van der Waals surface area contributed by atoms with E-state index in [1.54, 1.807) is 18.2 Å². The van der Waals surface area contributed by atoms with Gasteiger partial charge in [-0.2, -0.15) is 17.5 Å². The molecule has 3 aromatic carbocycles. The number of benzene rings is 3. The molecule has 0 spiro atoms. The number of rotatable bonds is 6. The molecule has 0 fully saturated rings. The van der Waals surface area contributed by atoms with E-state index in [0.717, 1.165) is 40.9 Å². The van der Waals surface area contributed by atoms with Gasteiger partial charge in [0.15, 0.2) is 5.43 Å². The van der Waals surface area contributed by atoms with Crippen LogP contribution in [0.25, 0.3) is 11.0 Å². The van der Waals surface area contributed by atoms with Crippen molar-refractivity contribution in [2.45, 2.75) is 24.2 Å². The van der Waals surface area contributed by atoms with Gasteiger partial charge in [0.1, 0.15) is 11.4 Å². The third-order valence-electron chi connectivity index (χ3n) is 5.17. The van der Waals surface area contributed by atoms with Crippen LogP contribution in [0.15, 0.2) is 93.2 Å². The molecule has 0 aliphatic carbocycles. The molecule has 0 aliphatic heterocycles. The summed E-state index contributed by atoms with van der Waals surface area (Å²) in [5.74, 6) is -0.536. The highest BCUT2D eigenvalue weighted by Gasteiger charge is 2.33. The molecule has 0 saturated heterocycles. The molecule has 5 nitrogen and oxygen atoms in total. The lowest BCUT2D eigenvalue weighted by atomic mass is 10.1. The lowest BCUT2D eigenvalue weighted by Gasteiger charge is -2.23. The first-order chi connectivity index (χ1) is 16.1. The molecule has 1 heterocycles. The second-order valence-electron chi connectivity index (χ2n) is 7.51. The summed E-state index contributed by atoms with van der Waals surface area (Å²) in [4.78, 5) is 12.3. The average molecular weight is 491 g/mol. The second-order valence-corrected chi connectivity index (χ2v) is 9.45. The number of nitrogens with zero attached hydrogens (tertiary/aromatic N) is 1. The smallest absolute Gasteiger partial charge is 0.416 e. The summed E-state index contributed by atoms with van der Waals surface area (Å²) in [6.07, 6.45) is -3.61. The molecule has 0 saturated carbocycles. The summed E-state index contributed by atoms with van der Waals surface area (Å²) < 4.78 is 86.1. The highest BCUT2D eigenvalue weighted by atomic mass is 32.2. The van der Waals surface area contributed by atoms with Gasteiger partial charge in [-0.05, 0) is 48.0 Å². The third kappa shape index (κ3) is 4.87. The van der Waals surface area contributed by atoms with Gasteiger partial charge in [-0.3, -0.25) is 4.79 Å². The first-order valence-corrected chi connectivity index (χ1v) is 11.4. The summed E-state index contributed by atoms with van der Waals surface area (Å²) >= 11 is 0. The van der Waals surface area contributed by atoms with Crippen molar-refractivity contribution < 1.29 is 30.4 Å². The molecule has 0 N–H and O–H groups in total. The van der Waals surface area contributed by atoms with E-state index in [1.165, 1.54) is 18.2 Å². The Balaban J connectivity index is 1.79. The minimum atomic E-state index is -4.74. The second kappa shape index (κ2) is 9.03. The van der Waals surface area contributed by atoms with Crippen molar-refractivity contribution in [3.8, 4) is 0 Å². The molecule has 10 heteroatoms. The molecule has 4 aromatic rings. The quantitative estimate of drug-likeness (QED) is 0.342. The van der Waals surface area contributed by atoms with Crippen LogP contribution in [-0.2, 0) is 29.3 Å². The highest BCUT2D eigenvalue weighted by molar-refractivity contribution is 7.89. The Hall–Kier alpha value is -3.50. The number of hydrogen-bond acceptors (Lipinski definition) is 4. The SMILES string of the molecule is O=c1c(CN(Cc2ccc(F)cc2)S(=O)(=O)c2cccc(C(F)(F)F)c2)coc2ccccc12. The molecule has 176 valence electrons. The number of fused-ring (bicyclic) bond motifs is 1. The fourth-order valence-electron chi connectivity index (χ4n) is 3.42. The van der Waals surface area contributed by atoms with Gasteiger partial charge in [0.2, 0.25) is 10.0 Å². The Labute approximate surface area is 191 Å². The van der Waals surface area contributed by atoms with Crippen LogP contribution in [0.4, 0.5) is 17.6 Å². The van der Waals surface area contributed by atoms with Crippen molar-refractivity contribution in [2.75, 3.05) is 0 Å². The van der Waals surface area contributed by atoms with Crippen molar-refractivity contribution in [3.63, 3.8) is 0 Å². The van der Waals surface area contributed by atoms with Crippen molar-refractivity contribution in [1.82, 2.24) is 4.31 Å². The van der Waals surface area contributed by atoms with Crippen LogP contribution in [0.3, 0.4) is 0 Å². The van der Waals surface area contributed by atoms with Gasteiger partial charge in [-0.25, -0.2) is 12.8 Å². The molecular weight excluding hydrogens is 474 g/mol. The first kappa shape index (κ1) is 23.7. The third-order valence-corrected chi connectivity index (χ3v) is 6.96. The van der Waals surface area contributed by atoms with E-state index >= 15 is 0 Å². The van der Waals surface area contributed by atoms with Crippen LogP contribution in [-0.4, -0.2) is 12.7 Å². The van der Waals surface area contributed by atoms with E-state index in [2.05, 4.69) is 0 Å². The van der Waals surface area contributed by atoms with Crippen molar-refractivity contribution >= 4 is 21.0 Å². The lowest BCUT2D eigenvalue weighted by Crippen LogP contribution is -2.32. The largest absolute Gasteiger partial charge is 0.464 e. The van der Waals surface area contributed by atoms with Crippen LogP contribution in [0, 0.1) is 5.82 Å². The highest BCUT2D eigenvalue weighted by Crippen LogP contribution is 2.31. The zero-order valence-electron chi connectivity index (χ0n) is 17.4. The van der Waals surface area contributed by atoms with Gasteiger partial charge in [0.05, 0.1) is 27.7 Å². The predicted octanol–water partition coefficient (Wildman–Crippen LogP) is 5.34. The minimum Gasteiger partial charge on any atom is -0.464 e. The predicted molar refractivity (Wildman–Crippen MR) is 117 cm³/mol. The van der Waals surface area contributed by atoms with Crippen LogP contribution in [0.2, 0.25) is 0 Å². The minimum absolute atomic E-state index is 0.00337. The van der Waals surface area contributed by atoms with E-state index in [9.17, 15) is 30.8 Å². The van der Waals surface area contributed by atoms with E-state index in [1.807, 2.05) is 0 Å². The monoisotopic (exact) mass is 491 g/mol. The molecule has 0 radical (unpaired) electrons. The maximum absolute atomic E-state index is 13.4. The van der Waals surface area contributed by atoms with E-state index in [4.69, 9.17) is 4.42 Å². The van der Waals surface area contributed by atoms with Crippen LogP contribution in [0.1, 0.15) is 16.7 Å². The Morgan fingerprint density at radius 2 is 1.59 bits per heavy atom. The standard InChI is InChI=1S/C24H17F4NO4S/c25-19-10-8-16(9-11-19)13-29(14-17-15-33-22-7-2-1-6-21(22)23(17)30)34(31,32)20-5-3-4-18(12-20)24(26,27)28/h1-12,15H,13-14H2. The van der Waals surface area contributed by atoms with Gasteiger partial charge in [0, 0.05) is 13.1 Å². The Kier molecular flexibility index (Phi) is 6.28. The fraction of sp³-hybridized carbons (Fsp3) is 0.125. The average Bonchev–Trinajstić information content (AvgIpc) is 2.81. The van der Waals surface area contributed by atoms with Gasteiger partial charge in [-0.15, -0.1) is 0 Å². The van der Waals surface area contributed by atoms with E-state index in [0.29, 0.717) is 17.2 Å². The Bertz CT molecular complexity index is 1500. The van der Waals surface area contributed by atoms with Crippen molar-refractivity contribution in [1.29, 1.82) is 0 Å². The molecule has 1 aromatic heterocycles. The summed E-state index contributed by atoms with van der Waals surface area (Å²) in [6, 6.07) is 14.7. The summed E-state index contributed by atoms with van der Waals surface area (Å²) in [5, 5.41) is 0.234. The molecule has 0 bridgehead atoms. The Morgan fingerprint density at radius 3 is 2.29 bits per heavy atom. The fourth-order valence-corrected chi connectivity index (χ4v) is 4.87. The van der Waals surface area contributed by atoms with Gasteiger partial charge >= 0.3 is 6.18 Å². The van der Waals surface area contributed by atoms with E-state index < -0.39 is 44.4 Å². The van der Waals surface area contributed by atoms with Crippen LogP contribution >= 0.6 is 0 Å². The van der Waals surface area contributed by atoms with Gasteiger partial charge in [-0.1, -0.05) is 30.3 Å². The maximum atomic E-state index is 13.4. The molecule has 34 heavy (non-hydrogen) atoms. The molecule has 0 aliphatic rings. The molecule has 0 atom stereocenters. The summed E-state index contributed by atoms with van der Waals surface area (Å²) in [5.41, 5.74) is -0.911. The number of para-hydroxylation sites is 1. The molecule has 0 amide bonds. The zero-order chi connectivity index (χ0) is 24.5. The number of alkyl halides is 3. The summed E-state index contributed by atoms with van der Waals surface area (Å²) in [7, 11) is -4.50. The summed E-state index contributed by atoms with van der Waals surface area (Å²) in [6.45, 7) is -0.783. The van der Waals surface area contributed by atoms with Crippen molar-refractivity contribution in [2.24, 2.45) is 0 Å². The van der Waals surface area contributed by atoms with E-state index in [-0.39, 0.29) is 17.5 Å².